The average Bonchev–Trinajstić information content (AvgIpc) is 3.61. The highest BCUT2D eigenvalue weighted by molar-refractivity contribution is 5.82. The molecule has 0 spiro atoms. The van der Waals surface area contributed by atoms with Crippen molar-refractivity contribution in [3.8, 4) is 11.1 Å². The Labute approximate surface area is 206 Å². The number of amides is 2. The van der Waals surface area contributed by atoms with Crippen LogP contribution in [-0.4, -0.2) is 53.7 Å². The van der Waals surface area contributed by atoms with Crippen LogP contribution in [0.25, 0.3) is 11.1 Å². The van der Waals surface area contributed by atoms with Gasteiger partial charge in [0.1, 0.15) is 13.2 Å². The lowest BCUT2D eigenvalue weighted by atomic mass is 9.93. The third kappa shape index (κ3) is 6.21. The summed E-state index contributed by atoms with van der Waals surface area (Å²) in [6.45, 7) is 4.42. The number of carboxylic acids is 1. The van der Waals surface area contributed by atoms with Crippen LogP contribution in [-0.2, 0) is 14.3 Å². The second kappa shape index (κ2) is 10.9. The Morgan fingerprint density at radius 1 is 1.03 bits per heavy atom. The van der Waals surface area contributed by atoms with Crippen LogP contribution in [0, 0.1) is 11.8 Å². The number of aliphatic carboxylic acids is 1. The van der Waals surface area contributed by atoms with Gasteiger partial charge >= 0.3 is 12.1 Å². The highest BCUT2D eigenvalue weighted by atomic mass is 16.5. The molecule has 0 bridgehead atoms. The maximum atomic E-state index is 12.8. The molecule has 0 unspecified atom stereocenters. The zero-order valence-electron chi connectivity index (χ0n) is 20.4. The standard InChI is InChI=1S/C28H34N2O5/c1-18(2)13-19(14-26(31)30(16-27(32)33)20-11-12-20)15-29-28(34)35-17-25-23-9-5-3-7-21(23)22-8-4-6-10-24(22)25/h3-10,18-20,25H,11-17H2,1-2H3,(H,29,34)(H,32,33)/t19-/m0/s1. The number of benzene rings is 2. The van der Waals surface area contributed by atoms with Crippen molar-refractivity contribution in [2.75, 3.05) is 19.7 Å². The minimum atomic E-state index is -0.998. The number of hydrogen-bond acceptors (Lipinski definition) is 4. The van der Waals surface area contributed by atoms with E-state index in [4.69, 9.17) is 9.84 Å². The van der Waals surface area contributed by atoms with Crippen LogP contribution in [0.5, 0.6) is 0 Å². The normalized spacial score (nSPS) is 15.3. The van der Waals surface area contributed by atoms with Gasteiger partial charge in [-0.2, -0.15) is 0 Å². The van der Waals surface area contributed by atoms with E-state index < -0.39 is 12.1 Å². The van der Waals surface area contributed by atoms with Crippen LogP contribution in [0.1, 0.15) is 56.6 Å². The van der Waals surface area contributed by atoms with Gasteiger partial charge < -0.3 is 20.1 Å². The predicted octanol–water partition coefficient (Wildman–Crippen LogP) is 4.65. The minimum absolute atomic E-state index is 0.00990. The van der Waals surface area contributed by atoms with Crippen molar-refractivity contribution in [2.45, 2.75) is 51.5 Å². The van der Waals surface area contributed by atoms with Crippen LogP contribution >= 0.6 is 0 Å². The summed E-state index contributed by atoms with van der Waals surface area (Å²) in [6.07, 6.45) is 2.17. The molecule has 2 aromatic rings. The molecule has 2 amide bonds. The molecule has 35 heavy (non-hydrogen) atoms. The quantitative estimate of drug-likeness (QED) is 0.490. The zero-order valence-corrected chi connectivity index (χ0v) is 20.4. The number of rotatable bonds is 11. The highest BCUT2D eigenvalue weighted by Crippen LogP contribution is 2.44. The second-order valence-corrected chi connectivity index (χ2v) is 10.1. The molecule has 0 radical (unpaired) electrons. The lowest BCUT2D eigenvalue weighted by molar-refractivity contribution is -0.145. The number of carbonyl (C=O) groups is 3. The van der Waals surface area contributed by atoms with E-state index in [1.165, 1.54) is 16.0 Å². The third-order valence-corrected chi connectivity index (χ3v) is 6.76. The van der Waals surface area contributed by atoms with E-state index in [1.807, 2.05) is 24.3 Å². The van der Waals surface area contributed by atoms with Gasteiger partial charge in [-0.1, -0.05) is 62.4 Å². The fraction of sp³-hybridized carbons (Fsp3) is 0.464. The maximum absolute atomic E-state index is 12.8. The fourth-order valence-corrected chi connectivity index (χ4v) is 5.10. The maximum Gasteiger partial charge on any atom is 0.407 e. The van der Waals surface area contributed by atoms with Crippen molar-refractivity contribution < 1.29 is 24.2 Å². The first-order valence-corrected chi connectivity index (χ1v) is 12.4. The molecule has 7 heteroatoms. The first kappa shape index (κ1) is 24.8. The smallest absolute Gasteiger partial charge is 0.407 e. The molecule has 1 fully saturated rings. The van der Waals surface area contributed by atoms with E-state index in [2.05, 4.69) is 43.4 Å². The Hall–Kier alpha value is -3.35. The van der Waals surface area contributed by atoms with Crippen LogP contribution in [0.15, 0.2) is 48.5 Å². The Kier molecular flexibility index (Phi) is 7.73. The topological polar surface area (TPSA) is 95.9 Å². The summed E-state index contributed by atoms with van der Waals surface area (Å²) in [6, 6.07) is 16.4. The van der Waals surface area contributed by atoms with E-state index in [9.17, 15) is 14.4 Å². The molecule has 2 aromatic carbocycles. The van der Waals surface area contributed by atoms with Crippen LogP contribution in [0.3, 0.4) is 0 Å². The van der Waals surface area contributed by atoms with Gasteiger partial charge in [-0.15, -0.1) is 0 Å². The predicted molar refractivity (Wildman–Crippen MR) is 133 cm³/mol. The number of carboxylic acid groups (broad SMARTS) is 1. The molecule has 2 aliphatic carbocycles. The molecule has 7 nitrogen and oxygen atoms in total. The summed E-state index contributed by atoms with van der Waals surface area (Å²) in [4.78, 5) is 38.1. The molecule has 0 saturated heterocycles. The monoisotopic (exact) mass is 478 g/mol. The van der Waals surface area contributed by atoms with Crippen molar-refractivity contribution in [1.29, 1.82) is 0 Å². The number of hydrogen-bond donors (Lipinski definition) is 2. The van der Waals surface area contributed by atoms with Gasteiger partial charge in [-0.05, 0) is 53.4 Å². The third-order valence-electron chi connectivity index (χ3n) is 6.76. The molecule has 0 heterocycles. The van der Waals surface area contributed by atoms with Gasteiger partial charge in [0.2, 0.25) is 5.91 Å². The van der Waals surface area contributed by atoms with Crippen LogP contribution < -0.4 is 5.32 Å². The van der Waals surface area contributed by atoms with Crippen molar-refractivity contribution in [2.24, 2.45) is 11.8 Å². The first-order valence-electron chi connectivity index (χ1n) is 12.4. The summed E-state index contributed by atoms with van der Waals surface area (Å²) in [5.41, 5.74) is 4.66. The molecule has 0 aromatic heterocycles. The van der Waals surface area contributed by atoms with Gasteiger partial charge in [-0.3, -0.25) is 9.59 Å². The van der Waals surface area contributed by atoms with Crippen LogP contribution in [0.4, 0.5) is 4.79 Å². The molecule has 186 valence electrons. The lowest BCUT2D eigenvalue weighted by Crippen LogP contribution is -2.40. The first-order chi connectivity index (χ1) is 16.8. The lowest BCUT2D eigenvalue weighted by Gasteiger charge is -2.25. The SMILES string of the molecule is CC(C)C[C@H](CNC(=O)OCC1c2ccccc2-c2ccccc21)CC(=O)N(CC(=O)O)C1CC1. The number of nitrogens with zero attached hydrogens (tertiary/aromatic N) is 1. The molecule has 0 aliphatic heterocycles. The average molecular weight is 479 g/mol. The highest BCUT2D eigenvalue weighted by Gasteiger charge is 2.35. The van der Waals surface area contributed by atoms with Gasteiger partial charge in [-0.25, -0.2) is 4.79 Å². The van der Waals surface area contributed by atoms with E-state index in [-0.39, 0.29) is 43.4 Å². The Balaban J connectivity index is 1.33. The molecule has 2 N–H and O–H groups in total. The summed E-state index contributed by atoms with van der Waals surface area (Å²) in [5.74, 6) is -0.911. The fourth-order valence-electron chi connectivity index (χ4n) is 5.10. The number of fused-ring (bicyclic) bond motifs is 3. The van der Waals surface area contributed by atoms with E-state index in [0.29, 0.717) is 12.5 Å². The molecule has 1 atom stereocenters. The van der Waals surface area contributed by atoms with E-state index in [0.717, 1.165) is 30.4 Å². The molecular weight excluding hydrogens is 444 g/mol. The Morgan fingerprint density at radius 2 is 1.63 bits per heavy atom. The van der Waals surface area contributed by atoms with E-state index in [1.54, 1.807) is 0 Å². The zero-order chi connectivity index (χ0) is 24.9. The molecule has 1 saturated carbocycles. The Bertz CT molecular complexity index is 1030. The number of carbonyl (C=O) groups excluding carboxylic acids is 2. The number of ether oxygens (including phenoxy) is 1. The minimum Gasteiger partial charge on any atom is -0.480 e. The summed E-state index contributed by atoms with van der Waals surface area (Å²) < 4.78 is 5.63. The largest absolute Gasteiger partial charge is 0.480 e. The van der Waals surface area contributed by atoms with Gasteiger partial charge in [0.25, 0.3) is 0 Å². The van der Waals surface area contributed by atoms with Gasteiger partial charge in [0, 0.05) is 24.9 Å². The summed E-state index contributed by atoms with van der Waals surface area (Å²) in [7, 11) is 0. The van der Waals surface area contributed by atoms with Crippen molar-refractivity contribution in [1.82, 2.24) is 10.2 Å². The number of alkyl carbamates (subject to hydrolysis) is 1. The summed E-state index contributed by atoms with van der Waals surface area (Å²) >= 11 is 0. The molecule has 2 aliphatic rings. The van der Waals surface area contributed by atoms with Gasteiger partial charge in [0.15, 0.2) is 0 Å². The Morgan fingerprint density at radius 3 is 2.17 bits per heavy atom. The second-order valence-electron chi connectivity index (χ2n) is 10.1. The van der Waals surface area contributed by atoms with Crippen molar-refractivity contribution in [3.05, 3.63) is 59.7 Å². The van der Waals surface area contributed by atoms with Crippen LogP contribution in [0.2, 0.25) is 0 Å². The number of nitrogens with one attached hydrogen (secondary N) is 1. The summed E-state index contributed by atoms with van der Waals surface area (Å²) in [5, 5.41) is 12.0. The molecule has 4 rings (SSSR count). The van der Waals surface area contributed by atoms with E-state index >= 15 is 0 Å². The van der Waals surface area contributed by atoms with Gasteiger partial charge in [0.05, 0.1) is 0 Å². The van der Waals surface area contributed by atoms with Crippen molar-refractivity contribution in [3.63, 3.8) is 0 Å². The van der Waals surface area contributed by atoms with Crippen molar-refractivity contribution >= 4 is 18.0 Å². The molecular formula is C28H34N2O5.